The average molecular weight is 312 g/mol. The van der Waals surface area contributed by atoms with Gasteiger partial charge in [0.2, 0.25) is 0 Å². The van der Waals surface area contributed by atoms with Crippen molar-refractivity contribution < 1.29 is 14.3 Å². The predicted molar refractivity (Wildman–Crippen MR) is 86.9 cm³/mol. The van der Waals surface area contributed by atoms with Crippen LogP contribution in [0.25, 0.3) is 0 Å². The zero-order chi connectivity index (χ0) is 16.5. The highest BCUT2D eigenvalue weighted by Crippen LogP contribution is 2.42. The maximum absolute atomic E-state index is 12.2. The number of methoxy groups -OCH3 is 1. The highest BCUT2D eigenvalue weighted by Gasteiger charge is 2.49. The van der Waals surface area contributed by atoms with E-state index >= 15 is 0 Å². The van der Waals surface area contributed by atoms with Crippen LogP contribution in [0.3, 0.4) is 0 Å². The highest BCUT2D eigenvalue weighted by molar-refractivity contribution is 5.68. The number of amides is 1. The summed E-state index contributed by atoms with van der Waals surface area (Å²) in [5, 5.41) is 3.73. The molecule has 1 aliphatic carbocycles. The quantitative estimate of drug-likeness (QED) is 0.870. The van der Waals surface area contributed by atoms with Crippen LogP contribution in [0.5, 0.6) is 0 Å². The first-order valence-electron chi connectivity index (χ1n) is 8.40. The van der Waals surface area contributed by atoms with E-state index in [1.165, 1.54) is 0 Å². The molecule has 1 heterocycles. The third kappa shape index (κ3) is 3.93. The molecule has 0 spiro atoms. The van der Waals surface area contributed by atoms with Gasteiger partial charge in [-0.2, -0.15) is 0 Å². The van der Waals surface area contributed by atoms with Crippen LogP contribution in [-0.4, -0.2) is 55.0 Å². The molecule has 1 N–H and O–H groups in total. The number of piperidine rings is 1. The van der Waals surface area contributed by atoms with Crippen LogP contribution >= 0.6 is 0 Å². The smallest absolute Gasteiger partial charge is 0.410 e. The molecule has 1 aliphatic heterocycles. The van der Waals surface area contributed by atoms with Crippen molar-refractivity contribution in [3.05, 3.63) is 0 Å². The minimum Gasteiger partial charge on any atom is -0.444 e. The van der Waals surface area contributed by atoms with Crippen molar-refractivity contribution in [3.63, 3.8) is 0 Å². The summed E-state index contributed by atoms with van der Waals surface area (Å²) in [6, 6.07) is 0.810. The Hall–Kier alpha value is -0.810. The van der Waals surface area contributed by atoms with E-state index < -0.39 is 5.60 Å². The van der Waals surface area contributed by atoms with E-state index in [2.05, 4.69) is 19.2 Å². The number of nitrogens with zero attached hydrogens (tertiary/aromatic N) is 1. The summed E-state index contributed by atoms with van der Waals surface area (Å²) < 4.78 is 11.0. The summed E-state index contributed by atoms with van der Waals surface area (Å²) in [5.74, 6) is 0. The van der Waals surface area contributed by atoms with Gasteiger partial charge in [-0.05, 0) is 40.0 Å². The molecule has 2 rings (SSSR count). The third-order valence-corrected chi connectivity index (χ3v) is 4.97. The summed E-state index contributed by atoms with van der Waals surface area (Å²) in [6.45, 7) is 11.7. The van der Waals surface area contributed by atoms with Gasteiger partial charge < -0.3 is 19.7 Å². The molecule has 2 aliphatic rings. The summed E-state index contributed by atoms with van der Waals surface area (Å²) in [4.78, 5) is 14.0. The first-order chi connectivity index (χ1) is 10.1. The predicted octanol–water partition coefficient (Wildman–Crippen LogP) is 2.79. The largest absolute Gasteiger partial charge is 0.444 e. The van der Waals surface area contributed by atoms with Gasteiger partial charge >= 0.3 is 6.09 Å². The van der Waals surface area contributed by atoms with Crippen molar-refractivity contribution in [1.29, 1.82) is 0 Å². The van der Waals surface area contributed by atoms with Gasteiger partial charge in [-0.15, -0.1) is 0 Å². The van der Waals surface area contributed by atoms with Crippen molar-refractivity contribution in [2.75, 3.05) is 20.2 Å². The first kappa shape index (κ1) is 17.5. The number of ether oxygens (including phenoxy) is 2. The first-order valence-corrected chi connectivity index (χ1v) is 8.40. The number of likely N-dealkylation sites (tertiary alicyclic amines) is 1. The summed E-state index contributed by atoms with van der Waals surface area (Å²) >= 11 is 0. The second-order valence-corrected chi connectivity index (χ2v) is 8.27. The lowest BCUT2D eigenvalue weighted by Crippen LogP contribution is -2.64. The van der Waals surface area contributed by atoms with Crippen LogP contribution in [0.2, 0.25) is 0 Å². The second kappa shape index (κ2) is 6.36. The molecule has 1 saturated carbocycles. The molecule has 0 aromatic heterocycles. The van der Waals surface area contributed by atoms with Gasteiger partial charge in [0, 0.05) is 37.7 Å². The van der Waals surface area contributed by atoms with Gasteiger partial charge in [-0.25, -0.2) is 4.79 Å². The van der Waals surface area contributed by atoms with Crippen LogP contribution < -0.4 is 5.32 Å². The molecule has 5 nitrogen and oxygen atoms in total. The molecule has 0 radical (unpaired) electrons. The van der Waals surface area contributed by atoms with E-state index in [0.29, 0.717) is 18.2 Å². The van der Waals surface area contributed by atoms with E-state index in [1.807, 2.05) is 25.7 Å². The van der Waals surface area contributed by atoms with Crippen LogP contribution in [0.15, 0.2) is 0 Å². The molecule has 0 aromatic rings. The fourth-order valence-electron chi connectivity index (χ4n) is 3.46. The molecule has 3 atom stereocenters. The molecule has 22 heavy (non-hydrogen) atoms. The molecular formula is C17H32N2O3. The van der Waals surface area contributed by atoms with E-state index in [-0.39, 0.29) is 11.5 Å². The Kier molecular flexibility index (Phi) is 5.07. The standard InChI is InChI=1S/C17H32N2O3/c1-16(2,3)22-15(20)19-9-7-8-12(11-19)18-13-10-14(21-6)17(13,4)5/h12-14,18H,7-11H2,1-6H3. The maximum atomic E-state index is 12.2. The van der Waals surface area contributed by atoms with Crippen LogP contribution in [0.1, 0.15) is 53.9 Å². The molecule has 3 unspecified atom stereocenters. The van der Waals surface area contributed by atoms with Crippen LogP contribution in [0, 0.1) is 5.41 Å². The van der Waals surface area contributed by atoms with E-state index in [4.69, 9.17) is 9.47 Å². The van der Waals surface area contributed by atoms with Crippen molar-refractivity contribution in [3.8, 4) is 0 Å². The number of carbonyl (C=O) groups excluding carboxylic acids is 1. The Morgan fingerprint density at radius 2 is 2.00 bits per heavy atom. The van der Waals surface area contributed by atoms with Crippen molar-refractivity contribution in [2.24, 2.45) is 5.41 Å². The lowest BCUT2D eigenvalue weighted by molar-refractivity contribution is -0.102. The third-order valence-electron chi connectivity index (χ3n) is 4.97. The Balaban J connectivity index is 1.85. The molecule has 1 amide bonds. The highest BCUT2D eigenvalue weighted by atomic mass is 16.6. The topological polar surface area (TPSA) is 50.8 Å². The van der Waals surface area contributed by atoms with Gasteiger partial charge in [0.05, 0.1) is 6.10 Å². The van der Waals surface area contributed by atoms with Crippen molar-refractivity contribution in [2.45, 2.75) is 77.7 Å². The Labute approximate surface area is 134 Å². The average Bonchev–Trinajstić information content (AvgIpc) is 2.41. The molecule has 0 bridgehead atoms. The number of hydrogen-bond donors (Lipinski definition) is 1. The lowest BCUT2D eigenvalue weighted by Gasteiger charge is -2.53. The Bertz CT molecular complexity index is 403. The number of nitrogens with one attached hydrogen (secondary N) is 1. The molecular weight excluding hydrogens is 280 g/mol. The summed E-state index contributed by atoms with van der Waals surface area (Å²) in [6.07, 6.45) is 3.32. The molecule has 5 heteroatoms. The normalized spacial score (nSPS) is 31.5. The Morgan fingerprint density at radius 3 is 2.55 bits per heavy atom. The van der Waals surface area contributed by atoms with E-state index in [1.54, 1.807) is 7.11 Å². The second-order valence-electron chi connectivity index (χ2n) is 8.27. The maximum Gasteiger partial charge on any atom is 0.410 e. The minimum atomic E-state index is -0.431. The molecule has 0 aromatic carbocycles. The summed E-state index contributed by atoms with van der Waals surface area (Å²) in [5.41, 5.74) is -0.276. The lowest BCUT2D eigenvalue weighted by atomic mass is 9.64. The zero-order valence-corrected chi connectivity index (χ0v) is 14.9. The monoisotopic (exact) mass is 312 g/mol. The van der Waals surface area contributed by atoms with Crippen LogP contribution in [0.4, 0.5) is 4.79 Å². The van der Waals surface area contributed by atoms with Crippen LogP contribution in [-0.2, 0) is 9.47 Å². The van der Waals surface area contributed by atoms with E-state index in [9.17, 15) is 4.79 Å². The van der Waals surface area contributed by atoms with Gasteiger partial charge in [-0.1, -0.05) is 13.8 Å². The Morgan fingerprint density at radius 1 is 1.32 bits per heavy atom. The molecule has 128 valence electrons. The number of rotatable bonds is 3. The number of hydrogen-bond acceptors (Lipinski definition) is 4. The SMILES string of the molecule is COC1CC(NC2CCCN(C(=O)OC(C)(C)C)C2)C1(C)C. The number of carbonyl (C=O) groups is 1. The van der Waals surface area contributed by atoms with Gasteiger partial charge in [-0.3, -0.25) is 0 Å². The van der Waals surface area contributed by atoms with Gasteiger partial charge in [0.1, 0.15) is 5.60 Å². The zero-order valence-electron chi connectivity index (χ0n) is 14.9. The summed E-state index contributed by atoms with van der Waals surface area (Å²) in [7, 11) is 1.79. The minimum absolute atomic E-state index is 0.156. The fraction of sp³-hybridized carbons (Fsp3) is 0.941. The van der Waals surface area contributed by atoms with Gasteiger partial charge in [0.25, 0.3) is 0 Å². The van der Waals surface area contributed by atoms with Crippen molar-refractivity contribution >= 4 is 6.09 Å². The molecule has 2 fully saturated rings. The van der Waals surface area contributed by atoms with Crippen molar-refractivity contribution in [1.82, 2.24) is 10.2 Å². The van der Waals surface area contributed by atoms with Gasteiger partial charge in [0.15, 0.2) is 0 Å². The fourth-order valence-corrected chi connectivity index (χ4v) is 3.46. The van der Waals surface area contributed by atoms with E-state index in [0.717, 1.165) is 32.4 Å². The molecule has 1 saturated heterocycles.